The number of thiazole rings is 1. The molecule has 0 saturated carbocycles. The van der Waals surface area contributed by atoms with Crippen LogP contribution in [-0.2, 0) is 0 Å². The Kier molecular flexibility index (Phi) is 3.26. The lowest BCUT2D eigenvalue weighted by Crippen LogP contribution is -1.82. The van der Waals surface area contributed by atoms with Gasteiger partial charge in [-0.25, -0.2) is 4.98 Å². The Balaban J connectivity index is 1.88. The zero-order valence-electron chi connectivity index (χ0n) is 11.5. The van der Waals surface area contributed by atoms with Crippen molar-refractivity contribution in [3.8, 4) is 17.0 Å². The Morgan fingerprint density at radius 2 is 1.95 bits per heavy atom. The number of methoxy groups -OCH3 is 1. The van der Waals surface area contributed by atoms with E-state index in [1.807, 2.05) is 36.5 Å². The first-order valence-electron chi connectivity index (χ1n) is 6.57. The molecular formula is C16H10Cl2N2OS. The number of aromatic nitrogens is 2. The fourth-order valence-electron chi connectivity index (χ4n) is 2.40. The summed E-state index contributed by atoms with van der Waals surface area (Å²) in [5.74, 6) is 0.849. The van der Waals surface area contributed by atoms with Crippen LogP contribution in [-0.4, -0.2) is 16.5 Å². The topological polar surface area (TPSA) is 26.5 Å². The maximum Gasteiger partial charge on any atom is 0.195 e. The molecule has 2 aromatic carbocycles. The van der Waals surface area contributed by atoms with Crippen molar-refractivity contribution in [2.45, 2.75) is 0 Å². The molecule has 0 bridgehead atoms. The minimum atomic E-state index is 0.533. The number of halogens is 2. The molecule has 0 N–H and O–H groups in total. The summed E-state index contributed by atoms with van der Waals surface area (Å²) in [6.07, 6.45) is 2.01. The summed E-state index contributed by atoms with van der Waals surface area (Å²) in [6.45, 7) is 0. The number of hydrogen-bond acceptors (Lipinski definition) is 3. The molecule has 0 saturated heterocycles. The Labute approximate surface area is 140 Å². The average Bonchev–Trinajstić information content (AvgIpc) is 3.06. The van der Waals surface area contributed by atoms with E-state index in [0.717, 1.165) is 32.2 Å². The van der Waals surface area contributed by atoms with Crippen LogP contribution in [0.2, 0.25) is 10.0 Å². The molecule has 0 radical (unpaired) electrons. The first-order valence-corrected chi connectivity index (χ1v) is 8.14. The molecule has 0 fully saturated rings. The van der Waals surface area contributed by atoms with Crippen molar-refractivity contribution in [2.75, 3.05) is 7.11 Å². The largest absolute Gasteiger partial charge is 0.497 e. The van der Waals surface area contributed by atoms with Gasteiger partial charge in [0.25, 0.3) is 0 Å². The summed E-state index contributed by atoms with van der Waals surface area (Å²) < 4.78 is 8.48. The number of fused-ring (bicyclic) bond motifs is 3. The van der Waals surface area contributed by atoms with Gasteiger partial charge in [0.1, 0.15) is 5.75 Å². The summed E-state index contributed by atoms with van der Waals surface area (Å²) in [5, 5.41) is 1.08. The molecule has 0 amide bonds. The Morgan fingerprint density at radius 3 is 2.73 bits per heavy atom. The highest BCUT2D eigenvalue weighted by Crippen LogP contribution is 2.33. The summed E-state index contributed by atoms with van der Waals surface area (Å²) in [7, 11) is 1.67. The highest BCUT2D eigenvalue weighted by atomic mass is 35.5. The van der Waals surface area contributed by atoms with E-state index in [1.165, 1.54) is 0 Å². The van der Waals surface area contributed by atoms with Crippen LogP contribution in [0.3, 0.4) is 0 Å². The van der Waals surface area contributed by atoms with Gasteiger partial charge in [-0.3, -0.25) is 4.40 Å². The lowest BCUT2D eigenvalue weighted by molar-refractivity contribution is 0.415. The van der Waals surface area contributed by atoms with Crippen molar-refractivity contribution in [1.82, 2.24) is 9.38 Å². The molecule has 0 aliphatic rings. The fourth-order valence-corrected chi connectivity index (χ4v) is 3.74. The molecule has 22 heavy (non-hydrogen) atoms. The van der Waals surface area contributed by atoms with Crippen LogP contribution in [0, 0.1) is 0 Å². The van der Waals surface area contributed by atoms with Crippen molar-refractivity contribution < 1.29 is 4.74 Å². The van der Waals surface area contributed by atoms with Gasteiger partial charge >= 0.3 is 0 Å². The van der Waals surface area contributed by atoms with E-state index < -0.39 is 0 Å². The Morgan fingerprint density at radius 1 is 1.09 bits per heavy atom. The summed E-state index contributed by atoms with van der Waals surface area (Å²) >= 11 is 13.7. The number of benzene rings is 2. The number of nitrogens with zero attached hydrogens (tertiary/aromatic N) is 2. The van der Waals surface area contributed by atoms with Gasteiger partial charge in [-0.1, -0.05) is 40.6 Å². The van der Waals surface area contributed by atoms with Gasteiger partial charge in [0.2, 0.25) is 0 Å². The van der Waals surface area contributed by atoms with E-state index in [4.69, 9.17) is 27.9 Å². The summed E-state index contributed by atoms with van der Waals surface area (Å²) in [5.41, 5.74) is 2.94. The lowest BCUT2D eigenvalue weighted by Gasteiger charge is -2.00. The maximum absolute atomic E-state index is 6.09. The van der Waals surface area contributed by atoms with E-state index >= 15 is 0 Å². The van der Waals surface area contributed by atoms with Crippen molar-refractivity contribution in [2.24, 2.45) is 0 Å². The van der Waals surface area contributed by atoms with Gasteiger partial charge in [0.15, 0.2) is 4.96 Å². The number of ether oxygens (including phenoxy) is 1. The fraction of sp³-hybridized carbons (Fsp3) is 0.0625. The first kappa shape index (κ1) is 13.9. The summed E-state index contributed by atoms with van der Waals surface area (Å²) in [4.78, 5) is 5.62. The minimum Gasteiger partial charge on any atom is -0.497 e. The second-order valence-corrected chi connectivity index (χ2v) is 6.67. The van der Waals surface area contributed by atoms with E-state index in [0.29, 0.717) is 10.0 Å². The van der Waals surface area contributed by atoms with Crippen LogP contribution < -0.4 is 4.74 Å². The minimum absolute atomic E-state index is 0.533. The van der Waals surface area contributed by atoms with Crippen LogP contribution in [0.4, 0.5) is 0 Å². The Hall–Kier alpha value is -1.75. The number of imidazole rings is 1. The van der Waals surface area contributed by atoms with Crippen molar-refractivity contribution in [3.63, 3.8) is 0 Å². The molecule has 0 aliphatic heterocycles. The molecule has 4 aromatic rings. The number of rotatable bonds is 2. The first-order chi connectivity index (χ1) is 10.7. The monoisotopic (exact) mass is 348 g/mol. The zero-order chi connectivity index (χ0) is 15.3. The highest BCUT2D eigenvalue weighted by molar-refractivity contribution is 7.23. The van der Waals surface area contributed by atoms with Gasteiger partial charge in [-0.2, -0.15) is 0 Å². The Bertz CT molecular complexity index is 1010. The third-order valence-electron chi connectivity index (χ3n) is 3.52. The molecule has 0 atom stereocenters. The predicted molar refractivity (Wildman–Crippen MR) is 92.6 cm³/mol. The van der Waals surface area contributed by atoms with Gasteiger partial charge in [-0.05, 0) is 30.3 Å². The average molecular weight is 349 g/mol. The van der Waals surface area contributed by atoms with E-state index in [9.17, 15) is 0 Å². The standard InChI is InChI=1S/C16H10Cl2N2OS/c1-21-10-3-5-14-15(7-10)22-16-19-13(8-20(14)16)9-2-4-11(17)12(18)6-9/h2-8H,1H3. The van der Waals surface area contributed by atoms with Crippen LogP contribution in [0.15, 0.2) is 42.6 Å². The zero-order valence-corrected chi connectivity index (χ0v) is 13.8. The van der Waals surface area contributed by atoms with Crippen LogP contribution >= 0.6 is 34.5 Å². The van der Waals surface area contributed by atoms with Gasteiger partial charge in [0.05, 0.1) is 33.1 Å². The van der Waals surface area contributed by atoms with E-state index in [-0.39, 0.29) is 0 Å². The lowest BCUT2D eigenvalue weighted by atomic mass is 10.2. The predicted octanol–water partition coefficient (Wildman–Crippen LogP) is 5.53. The van der Waals surface area contributed by atoms with Crippen LogP contribution in [0.5, 0.6) is 5.75 Å². The van der Waals surface area contributed by atoms with Gasteiger partial charge < -0.3 is 4.74 Å². The van der Waals surface area contributed by atoms with Gasteiger partial charge in [-0.15, -0.1) is 0 Å². The molecule has 0 spiro atoms. The molecular weight excluding hydrogens is 339 g/mol. The van der Waals surface area contributed by atoms with Crippen molar-refractivity contribution in [1.29, 1.82) is 0 Å². The second kappa shape index (κ2) is 5.16. The third-order valence-corrected chi connectivity index (χ3v) is 5.27. The maximum atomic E-state index is 6.09. The highest BCUT2D eigenvalue weighted by Gasteiger charge is 2.11. The molecule has 2 heterocycles. The quantitative estimate of drug-likeness (QED) is 0.476. The molecule has 0 aliphatic carbocycles. The molecule has 2 aromatic heterocycles. The van der Waals surface area contributed by atoms with E-state index in [1.54, 1.807) is 24.5 Å². The smallest absolute Gasteiger partial charge is 0.195 e. The molecule has 3 nitrogen and oxygen atoms in total. The van der Waals surface area contributed by atoms with Crippen molar-refractivity contribution in [3.05, 3.63) is 52.6 Å². The third kappa shape index (κ3) is 2.15. The number of hydrogen-bond donors (Lipinski definition) is 0. The normalized spacial score (nSPS) is 11.4. The SMILES string of the molecule is COc1ccc2c(c1)sc1nc(-c3ccc(Cl)c(Cl)c3)cn12. The molecule has 4 rings (SSSR count). The molecule has 0 unspecified atom stereocenters. The molecule has 6 heteroatoms. The van der Waals surface area contributed by atoms with E-state index in [2.05, 4.69) is 9.38 Å². The van der Waals surface area contributed by atoms with Crippen molar-refractivity contribution >= 4 is 49.7 Å². The molecule has 110 valence electrons. The van der Waals surface area contributed by atoms with Crippen LogP contribution in [0.25, 0.3) is 26.4 Å². The van der Waals surface area contributed by atoms with Crippen LogP contribution in [0.1, 0.15) is 0 Å². The van der Waals surface area contributed by atoms with Gasteiger partial charge in [0, 0.05) is 11.8 Å². The second-order valence-electron chi connectivity index (χ2n) is 4.84. The summed E-state index contributed by atoms with van der Waals surface area (Å²) in [6, 6.07) is 11.6.